The lowest BCUT2D eigenvalue weighted by Crippen LogP contribution is -2.33. The number of hydrogen-bond donors (Lipinski definition) is 2. The van der Waals surface area contributed by atoms with Gasteiger partial charge in [-0.15, -0.1) is 9.90 Å². The highest BCUT2D eigenvalue weighted by molar-refractivity contribution is 5.82. The number of nitrogens with zero attached hydrogens (tertiary/aromatic N) is 5. The predicted octanol–water partition coefficient (Wildman–Crippen LogP) is 3.09. The summed E-state index contributed by atoms with van der Waals surface area (Å²) in [6, 6.07) is 14.6. The minimum Gasteiger partial charge on any atom is -0.233 e. The number of hydrogen-bond acceptors (Lipinski definition) is 3. The van der Waals surface area contributed by atoms with Gasteiger partial charge in [0.15, 0.2) is 5.52 Å². The second-order valence-corrected chi connectivity index (χ2v) is 7.29. The molecule has 1 saturated carbocycles. The van der Waals surface area contributed by atoms with Gasteiger partial charge in [-0.05, 0) is 54.2 Å². The summed E-state index contributed by atoms with van der Waals surface area (Å²) in [6.45, 7) is 2.09. The first kappa shape index (κ1) is 14.7. The average Bonchev–Trinajstić information content (AvgIpc) is 3.09. The van der Waals surface area contributed by atoms with Crippen molar-refractivity contribution in [2.75, 3.05) is 0 Å². The third-order valence-corrected chi connectivity index (χ3v) is 5.27. The van der Waals surface area contributed by atoms with Crippen molar-refractivity contribution < 1.29 is 4.68 Å². The lowest BCUT2D eigenvalue weighted by molar-refractivity contribution is -0.638. The first-order valence-corrected chi connectivity index (χ1v) is 9.17. The number of aryl methyl sites for hydroxylation is 1. The van der Waals surface area contributed by atoms with Gasteiger partial charge in [-0.3, -0.25) is 0 Å². The van der Waals surface area contributed by atoms with Gasteiger partial charge in [0.2, 0.25) is 5.52 Å². The summed E-state index contributed by atoms with van der Waals surface area (Å²) in [5.41, 5.74) is 6.37. The highest BCUT2D eigenvalue weighted by atomic mass is 15.5. The maximum atomic E-state index is 4.56. The Morgan fingerprint density at radius 3 is 2.89 bits per heavy atom. The van der Waals surface area contributed by atoms with Crippen LogP contribution in [-0.4, -0.2) is 30.3 Å². The number of nitrogens with one attached hydrogen (secondary N) is 2. The molecule has 0 bridgehead atoms. The normalized spacial score (nSPS) is 14.4. The molecule has 3 heterocycles. The van der Waals surface area contributed by atoms with Gasteiger partial charge in [0, 0.05) is 23.4 Å². The Hall–Kier alpha value is -3.48. The van der Waals surface area contributed by atoms with E-state index >= 15 is 0 Å². The van der Waals surface area contributed by atoms with Crippen LogP contribution in [0.1, 0.15) is 30.0 Å². The summed E-state index contributed by atoms with van der Waals surface area (Å²) in [6.07, 6.45) is 4.40. The molecule has 0 radical (unpaired) electrons. The van der Waals surface area contributed by atoms with Crippen LogP contribution in [0.3, 0.4) is 0 Å². The molecule has 0 spiro atoms. The van der Waals surface area contributed by atoms with Gasteiger partial charge in [-0.1, -0.05) is 11.6 Å². The van der Waals surface area contributed by atoms with Gasteiger partial charge in [0.05, 0.1) is 23.1 Å². The van der Waals surface area contributed by atoms with Crippen LogP contribution in [0.5, 0.6) is 0 Å². The number of fused-ring (bicyclic) bond motifs is 2. The Morgan fingerprint density at radius 1 is 1.07 bits per heavy atom. The monoisotopic (exact) mass is 356 g/mol. The van der Waals surface area contributed by atoms with Crippen molar-refractivity contribution in [2.24, 2.45) is 0 Å². The summed E-state index contributed by atoms with van der Waals surface area (Å²) in [4.78, 5) is 0. The zero-order valence-corrected chi connectivity index (χ0v) is 14.8. The molecular formula is C20H18N7+. The standard InChI is InChI=1S/C20H17N7/c1-12-2-6-18-14(8-12)11-21-26(18)15-5-7-19-17(9-15)23-25-27(19)20-10-16(22-24-20)13-3-4-13/h2,5-11,13H,3-4H2,1H3,(H,22,24)/p+1. The van der Waals surface area contributed by atoms with Crippen molar-refractivity contribution in [1.82, 2.24) is 30.3 Å². The molecule has 3 aromatic heterocycles. The predicted molar refractivity (Wildman–Crippen MR) is 101 cm³/mol. The smallest absolute Gasteiger partial charge is 0.233 e. The van der Waals surface area contributed by atoms with Crippen LogP contribution in [0.15, 0.2) is 48.7 Å². The Labute approximate surface area is 154 Å². The van der Waals surface area contributed by atoms with E-state index in [0.29, 0.717) is 5.92 Å². The van der Waals surface area contributed by atoms with E-state index in [2.05, 4.69) is 68.9 Å². The Balaban J connectivity index is 1.44. The third-order valence-electron chi connectivity index (χ3n) is 5.27. The molecule has 7 heteroatoms. The zero-order chi connectivity index (χ0) is 18.0. The molecule has 2 N–H and O–H groups in total. The van der Waals surface area contributed by atoms with Crippen LogP contribution >= 0.6 is 0 Å². The third kappa shape index (κ3) is 2.28. The Kier molecular flexibility index (Phi) is 2.86. The molecule has 0 amide bonds. The molecule has 6 rings (SSSR count). The first-order chi connectivity index (χ1) is 13.3. The SMILES string of the molecule is Cc1ccc2c(cnn2-c2ccc3c(c2)n[nH][n+]3-c2cc(C3CC3)[nH]n2)c1. The lowest BCUT2D eigenvalue weighted by atomic mass is 10.2. The zero-order valence-electron chi connectivity index (χ0n) is 14.8. The maximum Gasteiger partial charge on any atom is 0.309 e. The van der Waals surface area contributed by atoms with E-state index in [1.165, 1.54) is 24.1 Å². The fourth-order valence-corrected chi connectivity index (χ4v) is 3.66. The average molecular weight is 356 g/mol. The number of aromatic nitrogens is 7. The van der Waals surface area contributed by atoms with E-state index < -0.39 is 0 Å². The number of benzene rings is 2. The summed E-state index contributed by atoms with van der Waals surface area (Å²) in [5, 5.41) is 20.8. The minimum atomic E-state index is 0.643. The second-order valence-electron chi connectivity index (χ2n) is 7.29. The van der Waals surface area contributed by atoms with Crippen molar-refractivity contribution in [1.29, 1.82) is 0 Å². The van der Waals surface area contributed by atoms with Crippen molar-refractivity contribution in [3.05, 3.63) is 59.9 Å². The molecule has 0 saturated heterocycles. The minimum absolute atomic E-state index is 0.643. The quantitative estimate of drug-likeness (QED) is 0.488. The topological polar surface area (TPSA) is 79.1 Å². The molecular weight excluding hydrogens is 338 g/mol. The summed E-state index contributed by atoms with van der Waals surface area (Å²) in [7, 11) is 0. The molecule has 1 aliphatic rings. The molecule has 132 valence electrons. The van der Waals surface area contributed by atoms with Crippen LogP contribution in [0.4, 0.5) is 0 Å². The largest absolute Gasteiger partial charge is 0.309 e. The van der Waals surface area contributed by atoms with Crippen LogP contribution in [-0.2, 0) is 0 Å². The fourth-order valence-electron chi connectivity index (χ4n) is 3.66. The van der Waals surface area contributed by atoms with Crippen LogP contribution in [0.2, 0.25) is 0 Å². The van der Waals surface area contributed by atoms with Crippen LogP contribution < -0.4 is 4.68 Å². The molecule has 27 heavy (non-hydrogen) atoms. The highest BCUT2D eigenvalue weighted by Gasteiger charge is 2.28. The lowest BCUT2D eigenvalue weighted by Gasteiger charge is -2.03. The van der Waals surface area contributed by atoms with Crippen molar-refractivity contribution in [3.8, 4) is 11.5 Å². The molecule has 5 aromatic rings. The summed E-state index contributed by atoms with van der Waals surface area (Å²) < 4.78 is 3.86. The maximum absolute atomic E-state index is 4.56. The molecule has 1 aliphatic carbocycles. The van der Waals surface area contributed by atoms with Gasteiger partial charge < -0.3 is 0 Å². The van der Waals surface area contributed by atoms with Crippen molar-refractivity contribution in [3.63, 3.8) is 0 Å². The van der Waals surface area contributed by atoms with E-state index in [-0.39, 0.29) is 0 Å². The van der Waals surface area contributed by atoms with E-state index in [1.807, 2.05) is 21.6 Å². The van der Waals surface area contributed by atoms with Crippen LogP contribution in [0.25, 0.3) is 33.4 Å². The molecule has 1 fully saturated rings. The molecule has 0 atom stereocenters. The van der Waals surface area contributed by atoms with Crippen molar-refractivity contribution in [2.45, 2.75) is 25.7 Å². The summed E-state index contributed by atoms with van der Waals surface area (Å²) in [5.74, 6) is 1.48. The second kappa shape index (κ2) is 5.26. The van der Waals surface area contributed by atoms with Gasteiger partial charge in [0.1, 0.15) is 0 Å². The number of aromatic amines is 2. The number of H-pyrrole nitrogens is 2. The first-order valence-electron chi connectivity index (χ1n) is 9.17. The van der Waals surface area contributed by atoms with Gasteiger partial charge in [0.25, 0.3) is 0 Å². The van der Waals surface area contributed by atoms with E-state index in [1.54, 1.807) is 0 Å². The molecule has 7 nitrogen and oxygen atoms in total. The fraction of sp³-hybridized carbons (Fsp3) is 0.200. The molecule has 0 unspecified atom stereocenters. The van der Waals surface area contributed by atoms with Crippen molar-refractivity contribution >= 4 is 21.9 Å². The van der Waals surface area contributed by atoms with Gasteiger partial charge in [-0.2, -0.15) is 5.10 Å². The number of rotatable bonds is 3. The summed E-state index contributed by atoms with van der Waals surface area (Å²) >= 11 is 0. The Morgan fingerprint density at radius 2 is 2.00 bits per heavy atom. The van der Waals surface area contributed by atoms with E-state index in [0.717, 1.165) is 33.4 Å². The van der Waals surface area contributed by atoms with Gasteiger partial charge in [-0.25, -0.2) is 9.78 Å². The Bertz CT molecular complexity index is 1300. The highest BCUT2D eigenvalue weighted by Crippen LogP contribution is 2.39. The molecule has 2 aromatic carbocycles. The van der Waals surface area contributed by atoms with E-state index in [9.17, 15) is 0 Å². The van der Waals surface area contributed by atoms with E-state index in [4.69, 9.17) is 0 Å². The van der Waals surface area contributed by atoms with Gasteiger partial charge >= 0.3 is 5.82 Å². The van der Waals surface area contributed by atoms with Crippen LogP contribution in [0, 0.1) is 6.92 Å². The molecule has 0 aliphatic heterocycles.